The summed E-state index contributed by atoms with van der Waals surface area (Å²) >= 11 is 1.79. The smallest absolute Gasteiger partial charge is 0.0590 e. The molecular weight excluding hydrogens is 194 g/mol. The summed E-state index contributed by atoms with van der Waals surface area (Å²) in [5.41, 5.74) is 0. The van der Waals surface area contributed by atoms with E-state index in [1.807, 2.05) is 0 Å². The van der Waals surface area contributed by atoms with Crippen LogP contribution in [0.4, 0.5) is 0 Å². The quantitative estimate of drug-likeness (QED) is 0.443. The molecule has 0 radical (unpaired) electrons. The van der Waals surface area contributed by atoms with Crippen LogP contribution in [0, 0.1) is 12.3 Å². The van der Waals surface area contributed by atoms with Crippen molar-refractivity contribution in [1.82, 2.24) is 5.32 Å². The lowest BCUT2D eigenvalue weighted by Crippen LogP contribution is -2.22. The van der Waals surface area contributed by atoms with E-state index in [9.17, 15) is 0 Å². The van der Waals surface area contributed by atoms with Crippen LogP contribution in [0.5, 0.6) is 0 Å². The van der Waals surface area contributed by atoms with Crippen molar-refractivity contribution in [2.75, 3.05) is 37.8 Å². The van der Waals surface area contributed by atoms with E-state index in [1.165, 1.54) is 6.42 Å². The van der Waals surface area contributed by atoms with Gasteiger partial charge in [0.05, 0.1) is 12.4 Å². The molecule has 0 saturated carbocycles. The van der Waals surface area contributed by atoms with Gasteiger partial charge in [-0.3, -0.25) is 0 Å². The first kappa shape index (κ1) is 13.8. The standard InChI is InChI=1S/C11H21NOS/c1-3-5-8-13-9-6-12-7-11-14-10-4-2/h2,12H,3,5-11H2,1H3. The van der Waals surface area contributed by atoms with E-state index in [4.69, 9.17) is 11.2 Å². The number of unbranched alkanes of at least 4 members (excludes halogenated alkanes) is 1. The van der Waals surface area contributed by atoms with Crippen molar-refractivity contribution in [2.24, 2.45) is 0 Å². The Morgan fingerprint density at radius 1 is 1.36 bits per heavy atom. The molecule has 0 spiro atoms. The Hall–Kier alpha value is -0.170. The monoisotopic (exact) mass is 215 g/mol. The van der Waals surface area contributed by atoms with Gasteiger partial charge < -0.3 is 10.1 Å². The van der Waals surface area contributed by atoms with Crippen molar-refractivity contribution in [3.05, 3.63) is 0 Å². The first-order chi connectivity index (χ1) is 6.91. The van der Waals surface area contributed by atoms with Gasteiger partial charge in [-0.15, -0.1) is 18.2 Å². The largest absolute Gasteiger partial charge is 0.380 e. The van der Waals surface area contributed by atoms with E-state index in [-0.39, 0.29) is 0 Å². The fourth-order valence-electron chi connectivity index (χ4n) is 0.893. The third-order valence-electron chi connectivity index (χ3n) is 1.67. The van der Waals surface area contributed by atoms with Crippen molar-refractivity contribution in [2.45, 2.75) is 19.8 Å². The van der Waals surface area contributed by atoms with Gasteiger partial charge in [0.1, 0.15) is 0 Å². The van der Waals surface area contributed by atoms with Gasteiger partial charge >= 0.3 is 0 Å². The lowest BCUT2D eigenvalue weighted by molar-refractivity contribution is 0.133. The normalized spacial score (nSPS) is 10.0. The van der Waals surface area contributed by atoms with E-state index < -0.39 is 0 Å². The number of hydrogen-bond donors (Lipinski definition) is 1. The molecule has 2 nitrogen and oxygen atoms in total. The summed E-state index contributed by atoms with van der Waals surface area (Å²) in [5, 5.41) is 3.31. The number of thioether (sulfide) groups is 1. The minimum Gasteiger partial charge on any atom is -0.380 e. The summed E-state index contributed by atoms with van der Waals surface area (Å²) in [5.74, 6) is 4.50. The van der Waals surface area contributed by atoms with Crippen molar-refractivity contribution in [3.63, 3.8) is 0 Å². The highest BCUT2D eigenvalue weighted by molar-refractivity contribution is 7.99. The first-order valence-electron chi connectivity index (χ1n) is 5.21. The Morgan fingerprint density at radius 2 is 2.21 bits per heavy atom. The predicted molar refractivity (Wildman–Crippen MR) is 64.8 cm³/mol. The Labute approximate surface area is 92.2 Å². The molecule has 82 valence electrons. The van der Waals surface area contributed by atoms with E-state index >= 15 is 0 Å². The molecule has 0 amide bonds. The SMILES string of the molecule is C#CCSCCNCCOCCCC. The van der Waals surface area contributed by atoms with Gasteiger partial charge in [-0.25, -0.2) is 0 Å². The van der Waals surface area contributed by atoms with Crippen LogP contribution in [0.25, 0.3) is 0 Å². The molecule has 0 heterocycles. The number of terminal acetylenes is 1. The third kappa shape index (κ3) is 11.8. The zero-order valence-corrected chi connectivity index (χ0v) is 9.87. The van der Waals surface area contributed by atoms with Crippen LogP contribution in [0.3, 0.4) is 0 Å². The number of hydrogen-bond acceptors (Lipinski definition) is 3. The van der Waals surface area contributed by atoms with Gasteiger partial charge in [0.2, 0.25) is 0 Å². The maximum Gasteiger partial charge on any atom is 0.0590 e. The molecule has 0 aromatic rings. The van der Waals surface area contributed by atoms with Crippen LogP contribution in [0.2, 0.25) is 0 Å². The molecule has 0 unspecified atom stereocenters. The molecular formula is C11H21NOS. The van der Waals surface area contributed by atoms with Crippen LogP contribution in [-0.2, 0) is 4.74 Å². The second-order valence-electron chi connectivity index (χ2n) is 2.97. The number of ether oxygens (including phenoxy) is 1. The lowest BCUT2D eigenvalue weighted by atomic mass is 10.4. The van der Waals surface area contributed by atoms with Gasteiger partial charge in [0, 0.05) is 25.4 Å². The highest BCUT2D eigenvalue weighted by Crippen LogP contribution is 1.94. The van der Waals surface area contributed by atoms with Crippen molar-refractivity contribution < 1.29 is 4.74 Å². The van der Waals surface area contributed by atoms with Gasteiger partial charge in [-0.1, -0.05) is 19.3 Å². The van der Waals surface area contributed by atoms with Gasteiger partial charge in [-0.05, 0) is 6.42 Å². The van der Waals surface area contributed by atoms with Crippen molar-refractivity contribution >= 4 is 11.8 Å². The highest BCUT2D eigenvalue weighted by atomic mass is 32.2. The van der Waals surface area contributed by atoms with Crippen LogP contribution >= 0.6 is 11.8 Å². The summed E-state index contributed by atoms with van der Waals surface area (Å²) in [7, 11) is 0. The molecule has 0 aliphatic carbocycles. The molecule has 0 aromatic heterocycles. The average Bonchev–Trinajstić information content (AvgIpc) is 2.21. The summed E-state index contributed by atoms with van der Waals surface area (Å²) in [6.07, 6.45) is 7.50. The summed E-state index contributed by atoms with van der Waals surface area (Å²) < 4.78 is 5.40. The average molecular weight is 215 g/mol. The maximum atomic E-state index is 5.40. The number of rotatable bonds is 10. The van der Waals surface area contributed by atoms with E-state index in [1.54, 1.807) is 11.8 Å². The summed E-state index contributed by atoms with van der Waals surface area (Å²) in [6, 6.07) is 0. The first-order valence-corrected chi connectivity index (χ1v) is 6.37. The zero-order valence-electron chi connectivity index (χ0n) is 9.05. The molecule has 0 aromatic carbocycles. The molecule has 1 N–H and O–H groups in total. The van der Waals surface area contributed by atoms with Crippen LogP contribution < -0.4 is 5.32 Å². The van der Waals surface area contributed by atoms with Gasteiger partial charge in [0.15, 0.2) is 0 Å². The summed E-state index contributed by atoms with van der Waals surface area (Å²) in [4.78, 5) is 0. The predicted octanol–water partition coefficient (Wildman–Crippen LogP) is 1.76. The molecule has 0 saturated heterocycles. The van der Waals surface area contributed by atoms with Crippen LogP contribution in [0.1, 0.15) is 19.8 Å². The Kier molecular flexibility index (Phi) is 12.7. The molecule has 0 fully saturated rings. The molecule has 14 heavy (non-hydrogen) atoms. The van der Waals surface area contributed by atoms with Crippen molar-refractivity contribution in [1.29, 1.82) is 0 Å². The maximum absolute atomic E-state index is 5.40. The fraction of sp³-hybridized carbons (Fsp3) is 0.818. The number of nitrogens with one attached hydrogen (secondary N) is 1. The van der Waals surface area contributed by atoms with E-state index in [0.717, 1.165) is 44.2 Å². The molecule has 0 rings (SSSR count). The zero-order chi connectivity index (χ0) is 10.5. The van der Waals surface area contributed by atoms with Gasteiger partial charge in [0.25, 0.3) is 0 Å². The Balaban J connectivity index is 2.82. The van der Waals surface area contributed by atoms with Crippen molar-refractivity contribution in [3.8, 4) is 12.3 Å². The van der Waals surface area contributed by atoms with Gasteiger partial charge in [-0.2, -0.15) is 0 Å². The molecule has 0 atom stereocenters. The Morgan fingerprint density at radius 3 is 2.93 bits per heavy atom. The van der Waals surface area contributed by atoms with Crippen LogP contribution in [0.15, 0.2) is 0 Å². The van der Waals surface area contributed by atoms with Crippen LogP contribution in [-0.4, -0.2) is 37.8 Å². The second-order valence-corrected chi connectivity index (χ2v) is 4.08. The molecule has 0 bridgehead atoms. The molecule has 0 aliphatic rings. The van der Waals surface area contributed by atoms with E-state index in [0.29, 0.717) is 0 Å². The Bertz CT molecular complexity index is 145. The second kappa shape index (κ2) is 12.8. The third-order valence-corrected chi connectivity index (χ3v) is 2.54. The van der Waals surface area contributed by atoms with E-state index in [2.05, 4.69) is 18.2 Å². The molecule has 0 aliphatic heterocycles. The minimum atomic E-state index is 0.814. The minimum absolute atomic E-state index is 0.814. The summed E-state index contributed by atoms with van der Waals surface area (Å²) in [6.45, 7) is 5.85. The molecule has 3 heteroatoms. The topological polar surface area (TPSA) is 21.3 Å². The lowest BCUT2D eigenvalue weighted by Gasteiger charge is -2.04. The highest BCUT2D eigenvalue weighted by Gasteiger charge is 1.89. The fourth-order valence-corrected chi connectivity index (χ4v) is 1.44.